The number of methoxy groups -OCH3 is 1. The number of nitrogens with one attached hydrogen (secondary N) is 2. The summed E-state index contributed by atoms with van der Waals surface area (Å²) in [6.45, 7) is 5.91. The van der Waals surface area contributed by atoms with Gasteiger partial charge in [0, 0.05) is 38.7 Å². The lowest BCUT2D eigenvalue weighted by Crippen LogP contribution is -2.54. The SMILES string of the molecule is COCCNC(=O)C(NC(=O)CC(C)C)C1CCN(C(=O)c2ccc3c(c2)OCO3)CC1. The third kappa shape index (κ3) is 6.12. The van der Waals surface area contributed by atoms with Crippen molar-refractivity contribution in [2.24, 2.45) is 11.8 Å². The van der Waals surface area contributed by atoms with Gasteiger partial charge >= 0.3 is 0 Å². The largest absolute Gasteiger partial charge is 0.454 e. The minimum absolute atomic E-state index is 0.0468. The second kappa shape index (κ2) is 11.2. The van der Waals surface area contributed by atoms with Crippen molar-refractivity contribution < 1.29 is 28.6 Å². The summed E-state index contributed by atoms with van der Waals surface area (Å²) in [6, 6.07) is 4.56. The zero-order chi connectivity index (χ0) is 23.1. The lowest BCUT2D eigenvalue weighted by molar-refractivity contribution is -0.131. The third-order valence-electron chi connectivity index (χ3n) is 5.72. The summed E-state index contributed by atoms with van der Waals surface area (Å²) in [5, 5.41) is 5.76. The third-order valence-corrected chi connectivity index (χ3v) is 5.72. The zero-order valence-corrected chi connectivity index (χ0v) is 19.0. The van der Waals surface area contributed by atoms with Gasteiger partial charge in [-0.2, -0.15) is 0 Å². The van der Waals surface area contributed by atoms with Gasteiger partial charge < -0.3 is 29.7 Å². The van der Waals surface area contributed by atoms with Crippen molar-refractivity contribution in [3.8, 4) is 11.5 Å². The average molecular weight is 448 g/mol. The van der Waals surface area contributed by atoms with E-state index in [1.54, 1.807) is 30.2 Å². The van der Waals surface area contributed by atoms with E-state index in [4.69, 9.17) is 14.2 Å². The van der Waals surface area contributed by atoms with Crippen LogP contribution in [0.1, 0.15) is 43.5 Å². The van der Waals surface area contributed by atoms with Crippen molar-refractivity contribution in [2.75, 3.05) is 40.1 Å². The van der Waals surface area contributed by atoms with Crippen LogP contribution in [0, 0.1) is 11.8 Å². The van der Waals surface area contributed by atoms with Crippen LogP contribution in [-0.4, -0.2) is 68.8 Å². The van der Waals surface area contributed by atoms with Crippen LogP contribution in [0.5, 0.6) is 11.5 Å². The highest BCUT2D eigenvalue weighted by molar-refractivity contribution is 5.95. The number of fused-ring (bicyclic) bond motifs is 1. The monoisotopic (exact) mass is 447 g/mol. The van der Waals surface area contributed by atoms with Crippen molar-refractivity contribution in [1.82, 2.24) is 15.5 Å². The van der Waals surface area contributed by atoms with Gasteiger partial charge in [0.05, 0.1) is 6.61 Å². The number of benzene rings is 1. The van der Waals surface area contributed by atoms with Crippen molar-refractivity contribution >= 4 is 17.7 Å². The molecule has 0 bridgehead atoms. The molecule has 9 heteroatoms. The summed E-state index contributed by atoms with van der Waals surface area (Å²) in [7, 11) is 1.57. The molecule has 176 valence electrons. The molecule has 1 fully saturated rings. The minimum Gasteiger partial charge on any atom is -0.454 e. The van der Waals surface area contributed by atoms with E-state index in [0.29, 0.717) is 62.6 Å². The van der Waals surface area contributed by atoms with Gasteiger partial charge in [-0.15, -0.1) is 0 Å². The fourth-order valence-corrected chi connectivity index (χ4v) is 4.03. The maximum atomic E-state index is 13.0. The molecule has 0 spiro atoms. The quantitative estimate of drug-likeness (QED) is 0.557. The number of carbonyl (C=O) groups excluding carboxylic acids is 3. The topological polar surface area (TPSA) is 106 Å². The van der Waals surface area contributed by atoms with E-state index in [2.05, 4.69) is 10.6 Å². The smallest absolute Gasteiger partial charge is 0.253 e. The predicted molar refractivity (Wildman–Crippen MR) is 117 cm³/mol. The molecule has 1 unspecified atom stereocenters. The second-order valence-corrected chi connectivity index (χ2v) is 8.62. The van der Waals surface area contributed by atoms with Gasteiger partial charge in [0.2, 0.25) is 18.6 Å². The van der Waals surface area contributed by atoms with E-state index in [1.807, 2.05) is 13.8 Å². The van der Waals surface area contributed by atoms with E-state index >= 15 is 0 Å². The Kier molecular flexibility index (Phi) is 8.33. The first-order valence-electron chi connectivity index (χ1n) is 11.1. The maximum Gasteiger partial charge on any atom is 0.253 e. The summed E-state index contributed by atoms with van der Waals surface area (Å²) in [5.41, 5.74) is 0.548. The lowest BCUT2D eigenvalue weighted by atomic mass is 9.88. The first-order valence-corrected chi connectivity index (χ1v) is 11.1. The molecule has 9 nitrogen and oxygen atoms in total. The molecule has 2 heterocycles. The Morgan fingerprint density at radius 2 is 1.88 bits per heavy atom. The van der Waals surface area contributed by atoms with Crippen LogP contribution >= 0.6 is 0 Å². The highest BCUT2D eigenvalue weighted by atomic mass is 16.7. The fourth-order valence-electron chi connectivity index (χ4n) is 4.03. The number of amides is 3. The molecule has 1 atom stereocenters. The van der Waals surface area contributed by atoms with Crippen LogP contribution in [0.3, 0.4) is 0 Å². The Labute approximate surface area is 188 Å². The summed E-state index contributed by atoms with van der Waals surface area (Å²) in [6.07, 6.45) is 1.62. The molecule has 1 saturated heterocycles. The second-order valence-electron chi connectivity index (χ2n) is 8.62. The molecule has 0 radical (unpaired) electrons. The number of likely N-dealkylation sites (tertiary alicyclic amines) is 1. The summed E-state index contributed by atoms with van der Waals surface area (Å²) in [4.78, 5) is 39.9. The van der Waals surface area contributed by atoms with Gasteiger partial charge in [0.15, 0.2) is 11.5 Å². The molecule has 1 aromatic rings. The molecule has 0 saturated carbocycles. The fraction of sp³-hybridized carbons (Fsp3) is 0.609. The number of nitrogens with zero attached hydrogens (tertiary/aromatic N) is 1. The summed E-state index contributed by atoms with van der Waals surface area (Å²) >= 11 is 0. The number of hydrogen-bond acceptors (Lipinski definition) is 6. The van der Waals surface area contributed by atoms with Crippen LogP contribution < -0.4 is 20.1 Å². The standard InChI is InChI=1S/C23H33N3O6/c1-15(2)12-20(27)25-21(22(28)24-8-11-30-3)16-6-9-26(10-7-16)23(29)17-4-5-18-19(13-17)32-14-31-18/h4-5,13,15-16,21H,6-12,14H2,1-3H3,(H,24,28)(H,25,27). The van der Waals surface area contributed by atoms with Crippen LogP contribution in [0.15, 0.2) is 18.2 Å². The van der Waals surface area contributed by atoms with Gasteiger partial charge in [-0.25, -0.2) is 0 Å². The van der Waals surface area contributed by atoms with Crippen molar-refractivity contribution in [1.29, 1.82) is 0 Å². The first-order chi connectivity index (χ1) is 15.4. The Hall–Kier alpha value is -2.81. The molecule has 2 N–H and O–H groups in total. The lowest BCUT2D eigenvalue weighted by Gasteiger charge is -2.36. The first kappa shape index (κ1) is 23.8. The highest BCUT2D eigenvalue weighted by Crippen LogP contribution is 2.33. The number of piperidine rings is 1. The Bertz CT molecular complexity index is 820. The molecular weight excluding hydrogens is 414 g/mol. The molecule has 2 aliphatic rings. The molecule has 2 aliphatic heterocycles. The Balaban J connectivity index is 1.61. The van der Waals surface area contributed by atoms with Gasteiger partial charge in [-0.05, 0) is 42.9 Å². The molecule has 3 amide bonds. The molecule has 1 aromatic carbocycles. The van der Waals surface area contributed by atoms with Gasteiger partial charge in [-0.3, -0.25) is 14.4 Å². The number of ether oxygens (including phenoxy) is 3. The Morgan fingerprint density at radius 1 is 1.16 bits per heavy atom. The van der Waals surface area contributed by atoms with Crippen LogP contribution in [-0.2, 0) is 14.3 Å². The van der Waals surface area contributed by atoms with Gasteiger partial charge in [0.1, 0.15) is 6.04 Å². The van der Waals surface area contributed by atoms with E-state index in [1.165, 1.54) is 0 Å². The normalized spacial score (nSPS) is 16.7. The van der Waals surface area contributed by atoms with Crippen LogP contribution in [0.4, 0.5) is 0 Å². The van der Waals surface area contributed by atoms with E-state index in [-0.39, 0.29) is 36.4 Å². The van der Waals surface area contributed by atoms with Crippen LogP contribution in [0.25, 0.3) is 0 Å². The van der Waals surface area contributed by atoms with Crippen molar-refractivity contribution in [3.63, 3.8) is 0 Å². The summed E-state index contributed by atoms with van der Waals surface area (Å²) in [5.74, 6) is 0.950. The zero-order valence-electron chi connectivity index (χ0n) is 19.0. The Morgan fingerprint density at radius 3 is 2.56 bits per heavy atom. The highest BCUT2D eigenvalue weighted by Gasteiger charge is 2.34. The molecular formula is C23H33N3O6. The molecule has 0 aromatic heterocycles. The minimum atomic E-state index is -0.624. The average Bonchev–Trinajstić information content (AvgIpc) is 3.24. The molecule has 32 heavy (non-hydrogen) atoms. The number of rotatable bonds is 9. The number of carbonyl (C=O) groups is 3. The van der Waals surface area contributed by atoms with E-state index < -0.39 is 6.04 Å². The van der Waals surface area contributed by atoms with Crippen molar-refractivity contribution in [3.05, 3.63) is 23.8 Å². The predicted octanol–water partition coefficient (Wildman–Crippen LogP) is 1.56. The van der Waals surface area contributed by atoms with Crippen LogP contribution in [0.2, 0.25) is 0 Å². The molecule has 0 aliphatic carbocycles. The molecule has 3 rings (SSSR count). The van der Waals surface area contributed by atoms with Gasteiger partial charge in [-0.1, -0.05) is 13.8 Å². The van der Waals surface area contributed by atoms with E-state index in [0.717, 1.165) is 0 Å². The van der Waals surface area contributed by atoms with Gasteiger partial charge in [0.25, 0.3) is 5.91 Å². The summed E-state index contributed by atoms with van der Waals surface area (Å²) < 4.78 is 15.7. The van der Waals surface area contributed by atoms with Crippen molar-refractivity contribution in [2.45, 2.75) is 39.2 Å². The number of hydrogen-bond donors (Lipinski definition) is 2. The maximum absolute atomic E-state index is 13.0. The van der Waals surface area contributed by atoms with E-state index in [9.17, 15) is 14.4 Å².